The Morgan fingerprint density at radius 2 is 1.82 bits per heavy atom. The summed E-state index contributed by atoms with van der Waals surface area (Å²) in [4.78, 5) is 12.2. The lowest BCUT2D eigenvalue weighted by atomic mass is 10.1. The largest absolute Gasteiger partial charge is 0.464 e. The van der Waals surface area contributed by atoms with Gasteiger partial charge < -0.3 is 4.74 Å². The molecule has 4 nitrogen and oxygen atoms in total. The van der Waals surface area contributed by atoms with Gasteiger partial charge in [-0.3, -0.25) is 0 Å². The first-order valence-corrected chi connectivity index (χ1v) is 5.68. The molecule has 0 radical (unpaired) electrons. The van der Waals surface area contributed by atoms with Gasteiger partial charge >= 0.3 is 6.01 Å². The number of ether oxygens (including phenoxy) is 1. The van der Waals surface area contributed by atoms with Crippen molar-refractivity contribution in [3.8, 4) is 17.4 Å². The molecule has 88 valence electrons. The molecule has 0 spiro atoms. The van der Waals surface area contributed by atoms with Crippen LogP contribution in [0.25, 0.3) is 11.4 Å². The SMILES string of the molecule is CCOc1nc(Cl)nc(-c2ccc(C)cc2)n1. The van der Waals surface area contributed by atoms with Gasteiger partial charge in [0, 0.05) is 5.56 Å². The number of hydrogen-bond acceptors (Lipinski definition) is 4. The summed E-state index contributed by atoms with van der Waals surface area (Å²) in [6.45, 7) is 4.38. The molecule has 0 fully saturated rings. The summed E-state index contributed by atoms with van der Waals surface area (Å²) in [6.07, 6.45) is 0. The summed E-state index contributed by atoms with van der Waals surface area (Å²) in [5.74, 6) is 0.522. The average molecular weight is 250 g/mol. The lowest BCUT2D eigenvalue weighted by Gasteiger charge is -2.04. The fraction of sp³-hybridized carbons (Fsp3) is 0.250. The summed E-state index contributed by atoms with van der Waals surface area (Å²) < 4.78 is 5.23. The van der Waals surface area contributed by atoms with Crippen molar-refractivity contribution in [2.24, 2.45) is 0 Å². The Labute approximate surface area is 105 Å². The van der Waals surface area contributed by atoms with E-state index >= 15 is 0 Å². The van der Waals surface area contributed by atoms with Gasteiger partial charge in [0.15, 0.2) is 5.82 Å². The van der Waals surface area contributed by atoms with E-state index in [1.165, 1.54) is 5.56 Å². The van der Waals surface area contributed by atoms with Gasteiger partial charge in [0.25, 0.3) is 0 Å². The number of hydrogen-bond donors (Lipinski definition) is 0. The van der Waals surface area contributed by atoms with Gasteiger partial charge in [0.1, 0.15) is 0 Å². The molecule has 1 heterocycles. The zero-order valence-electron chi connectivity index (χ0n) is 9.64. The van der Waals surface area contributed by atoms with E-state index in [-0.39, 0.29) is 11.3 Å². The molecule has 0 atom stereocenters. The van der Waals surface area contributed by atoms with Gasteiger partial charge in [-0.1, -0.05) is 29.8 Å². The zero-order valence-corrected chi connectivity index (χ0v) is 10.4. The van der Waals surface area contributed by atoms with Gasteiger partial charge in [0.2, 0.25) is 5.28 Å². The first-order valence-electron chi connectivity index (χ1n) is 5.30. The minimum Gasteiger partial charge on any atom is -0.464 e. The van der Waals surface area contributed by atoms with E-state index in [9.17, 15) is 0 Å². The second kappa shape index (κ2) is 5.10. The van der Waals surface area contributed by atoms with Crippen LogP contribution < -0.4 is 4.74 Å². The maximum atomic E-state index is 5.82. The number of aryl methyl sites for hydroxylation is 1. The van der Waals surface area contributed by atoms with Crippen LogP contribution in [0.4, 0.5) is 0 Å². The molecule has 5 heteroatoms. The molecule has 1 aromatic heterocycles. The van der Waals surface area contributed by atoms with Crippen molar-refractivity contribution in [1.82, 2.24) is 15.0 Å². The Balaban J connectivity index is 2.40. The molecule has 0 bridgehead atoms. The van der Waals surface area contributed by atoms with Crippen LogP contribution in [-0.2, 0) is 0 Å². The van der Waals surface area contributed by atoms with E-state index in [0.29, 0.717) is 12.4 Å². The van der Waals surface area contributed by atoms with Gasteiger partial charge in [0.05, 0.1) is 6.61 Å². The van der Waals surface area contributed by atoms with E-state index < -0.39 is 0 Å². The third kappa shape index (κ3) is 2.91. The maximum absolute atomic E-state index is 5.82. The van der Waals surface area contributed by atoms with Gasteiger partial charge in [-0.2, -0.15) is 15.0 Å². The molecule has 0 saturated heterocycles. The van der Waals surface area contributed by atoms with Crippen molar-refractivity contribution in [1.29, 1.82) is 0 Å². The van der Waals surface area contributed by atoms with Crippen LogP contribution in [0.1, 0.15) is 12.5 Å². The van der Waals surface area contributed by atoms with Crippen LogP contribution in [0.5, 0.6) is 6.01 Å². The van der Waals surface area contributed by atoms with Gasteiger partial charge in [-0.25, -0.2) is 0 Å². The molecular weight excluding hydrogens is 238 g/mol. The molecule has 2 aromatic rings. The highest BCUT2D eigenvalue weighted by molar-refractivity contribution is 6.28. The van der Waals surface area contributed by atoms with Crippen LogP contribution >= 0.6 is 11.6 Å². The monoisotopic (exact) mass is 249 g/mol. The summed E-state index contributed by atoms with van der Waals surface area (Å²) in [6, 6.07) is 8.12. The van der Waals surface area contributed by atoms with E-state index in [1.54, 1.807) is 0 Å². The molecular formula is C12H12ClN3O. The van der Waals surface area contributed by atoms with Gasteiger partial charge in [-0.15, -0.1) is 0 Å². The quantitative estimate of drug-likeness (QED) is 0.839. The van der Waals surface area contributed by atoms with Crippen molar-refractivity contribution in [2.45, 2.75) is 13.8 Å². The van der Waals surface area contributed by atoms with E-state index in [4.69, 9.17) is 16.3 Å². The van der Waals surface area contributed by atoms with Crippen molar-refractivity contribution in [3.63, 3.8) is 0 Å². The zero-order chi connectivity index (χ0) is 12.3. The number of aromatic nitrogens is 3. The molecule has 17 heavy (non-hydrogen) atoms. The van der Waals surface area contributed by atoms with Crippen LogP contribution in [0.3, 0.4) is 0 Å². The Morgan fingerprint density at radius 3 is 2.47 bits per heavy atom. The molecule has 0 aliphatic carbocycles. The Morgan fingerprint density at radius 1 is 1.12 bits per heavy atom. The second-order valence-corrected chi connectivity index (χ2v) is 3.85. The smallest absolute Gasteiger partial charge is 0.321 e. The minimum absolute atomic E-state index is 0.138. The maximum Gasteiger partial charge on any atom is 0.321 e. The lowest BCUT2D eigenvalue weighted by molar-refractivity contribution is 0.312. The van der Waals surface area contributed by atoms with Crippen molar-refractivity contribution >= 4 is 11.6 Å². The molecule has 0 unspecified atom stereocenters. The van der Waals surface area contributed by atoms with Crippen molar-refractivity contribution in [3.05, 3.63) is 35.1 Å². The molecule has 0 aliphatic rings. The normalized spacial score (nSPS) is 10.3. The van der Waals surface area contributed by atoms with Crippen molar-refractivity contribution in [2.75, 3.05) is 6.61 Å². The fourth-order valence-corrected chi connectivity index (χ4v) is 1.51. The van der Waals surface area contributed by atoms with E-state index in [0.717, 1.165) is 5.56 Å². The summed E-state index contributed by atoms with van der Waals surface area (Å²) in [7, 11) is 0. The Kier molecular flexibility index (Phi) is 3.54. The van der Waals surface area contributed by atoms with Crippen LogP contribution in [0, 0.1) is 6.92 Å². The summed E-state index contributed by atoms with van der Waals surface area (Å²) >= 11 is 5.82. The predicted octanol–water partition coefficient (Wildman–Crippen LogP) is 2.90. The Bertz CT molecular complexity index is 514. The molecule has 1 aromatic carbocycles. The Hall–Kier alpha value is -1.68. The summed E-state index contributed by atoms with van der Waals surface area (Å²) in [5, 5.41) is 0.138. The molecule has 0 N–H and O–H groups in total. The first-order chi connectivity index (χ1) is 8.19. The highest BCUT2D eigenvalue weighted by Gasteiger charge is 2.07. The number of nitrogens with zero attached hydrogens (tertiary/aromatic N) is 3. The fourth-order valence-electron chi connectivity index (χ4n) is 1.36. The number of rotatable bonds is 3. The molecule has 0 saturated carbocycles. The number of halogens is 1. The van der Waals surface area contributed by atoms with Crippen molar-refractivity contribution < 1.29 is 4.74 Å². The first kappa shape index (κ1) is 11.8. The van der Waals surface area contributed by atoms with Crippen LogP contribution in [0.2, 0.25) is 5.28 Å². The minimum atomic E-state index is 0.138. The standard InChI is InChI=1S/C12H12ClN3O/c1-3-17-12-15-10(14-11(13)16-12)9-6-4-8(2)5-7-9/h4-7H,3H2,1-2H3. The molecule has 2 rings (SSSR count). The number of benzene rings is 1. The third-order valence-electron chi connectivity index (χ3n) is 2.17. The molecule has 0 amide bonds. The highest BCUT2D eigenvalue weighted by Crippen LogP contribution is 2.19. The topological polar surface area (TPSA) is 47.9 Å². The average Bonchev–Trinajstić information content (AvgIpc) is 2.29. The predicted molar refractivity (Wildman–Crippen MR) is 66.2 cm³/mol. The summed E-state index contributed by atoms with van der Waals surface area (Å²) in [5.41, 5.74) is 2.07. The third-order valence-corrected chi connectivity index (χ3v) is 2.34. The van der Waals surface area contributed by atoms with Crippen LogP contribution in [0.15, 0.2) is 24.3 Å². The molecule has 0 aliphatic heterocycles. The lowest BCUT2D eigenvalue weighted by Crippen LogP contribution is -2.01. The van der Waals surface area contributed by atoms with E-state index in [2.05, 4.69) is 15.0 Å². The van der Waals surface area contributed by atoms with E-state index in [1.807, 2.05) is 38.1 Å². The van der Waals surface area contributed by atoms with Crippen LogP contribution in [-0.4, -0.2) is 21.6 Å². The second-order valence-electron chi connectivity index (χ2n) is 3.51. The highest BCUT2D eigenvalue weighted by atomic mass is 35.5. The van der Waals surface area contributed by atoms with Gasteiger partial charge in [-0.05, 0) is 25.4 Å².